The molecule has 2 N–H and O–H groups in total. The first-order chi connectivity index (χ1) is 14.0. The van der Waals surface area contributed by atoms with E-state index < -0.39 is 11.6 Å². The summed E-state index contributed by atoms with van der Waals surface area (Å²) in [5.74, 6) is -0.520. The third-order valence-corrected chi connectivity index (χ3v) is 6.68. The molecule has 4 rings (SSSR count). The Bertz CT molecular complexity index is 805. The molecule has 2 saturated heterocycles. The van der Waals surface area contributed by atoms with Crippen LogP contribution in [0.15, 0.2) is 24.3 Å². The van der Waals surface area contributed by atoms with Gasteiger partial charge < -0.3 is 15.5 Å². The Kier molecular flexibility index (Phi) is 5.48. The molecule has 1 saturated carbocycles. The maximum Gasteiger partial charge on any atom is 0.325 e. The van der Waals surface area contributed by atoms with Gasteiger partial charge in [-0.3, -0.25) is 14.5 Å². The highest BCUT2D eigenvalue weighted by molar-refractivity contribution is 6.10. The van der Waals surface area contributed by atoms with Crippen molar-refractivity contribution in [3.05, 3.63) is 24.3 Å². The zero-order chi connectivity index (χ0) is 20.4. The molecule has 3 fully saturated rings. The molecule has 156 valence electrons. The number of carbonyl (C=O) groups excluding carboxylic acids is 3. The molecule has 2 unspecified atom stereocenters. The second kappa shape index (κ2) is 8.05. The number of para-hydroxylation sites is 2. The van der Waals surface area contributed by atoms with E-state index in [1.807, 2.05) is 31.2 Å². The van der Waals surface area contributed by atoms with Gasteiger partial charge in [0.25, 0.3) is 5.91 Å². The lowest BCUT2D eigenvalue weighted by Gasteiger charge is -2.36. The molecular weight excluding hydrogens is 368 g/mol. The van der Waals surface area contributed by atoms with E-state index in [0.29, 0.717) is 6.42 Å². The van der Waals surface area contributed by atoms with Crippen molar-refractivity contribution in [1.29, 1.82) is 0 Å². The standard InChI is InChI=1S/C22H30N4O3/c1-16-9-5-6-12-22(16)20(28)26(21(29)24-22)15-19(27)23-17-10-3-4-11-18(17)25-13-7-2-8-14-25/h3-4,10-11,16H,2,5-9,12-15H2,1H3,(H,23,27)(H,24,29). The third kappa shape index (κ3) is 3.70. The Morgan fingerprint density at radius 1 is 1.14 bits per heavy atom. The van der Waals surface area contributed by atoms with E-state index in [2.05, 4.69) is 15.5 Å². The number of amides is 4. The minimum Gasteiger partial charge on any atom is -0.370 e. The van der Waals surface area contributed by atoms with Crippen molar-refractivity contribution in [2.24, 2.45) is 5.92 Å². The van der Waals surface area contributed by atoms with Crippen LogP contribution in [0.4, 0.5) is 16.2 Å². The first-order valence-electron chi connectivity index (χ1n) is 10.8. The molecule has 3 aliphatic rings. The molecule has 1 aliphatic carbocycles. The maximum absolute atomic E-state index is 13.1. The molecule has 29 heavy (non-hydrogen) atoms. The summed E-state index contributed by atoms with van der Waals surface area (Å²) in [5, 5.41) is 5.82. The maximum atomic E-state index is 13.1. The van der Waals surface area contributed by atoms with Gasteiger partial charge in [-0.2, -0.15) is 0 Å². The van der Waals surface area contributed by atoms with Crippen LogP contribution < -0.4 is 15.5 Å². The zero-order valence-electron chi connectivity index (χ0n) is 17.1. The van der Waals surface area contributed by atoms with Gasteiger partial charge in [0, 0.05) is 13.1 Å². The van der Waals surface area contributed by atoms with E-state index >= 15 is 0 Å². The van der Waals surface area contributed by atoms with Gasteiger partial charge in [0.1, 0.15) is 12.1 Å². The Morgan fingerprint density at radius 3 is 2.66 bits per heavy atom. The lowest BCUT2D eigenvalue weighted by atomic mass is 9.73. The van der Waals surface area contributed by atoms with Gasteiger partial charge in [-0.25, -0.2) is 4.79 Å². The number of benzene rings is 1. The molecule has 7 nitrogen and oxygen atoms in total. The zero-order valence-corrected chi connectivity index (χ0v) is 17.1. The predicted octanol–water partition coefficient (Wildman–Crippen LogP) is 3.12. The third-order valence-electron chi connectivity index (χ3n) is 6.68. The number of nitrogens with one attached hydrogen (secondary N) is 2. The van der Waals surface area contributed by atoms with E-state index in [1.165, 1.54) is 6.42 Å². The van der Waals surface area contributed by atoms with Crippen molar-refractivity contribution in [2.75, 3.05) is 29.9 Å². The fourth-order valence-electron chi connectivity index (χ4n) is 4.96. The topological polar surface area (TPSA) is 81.8 Å². The Morgan fingerprint density at radius 2 is 1.90 bits per heavy atom. The number of carbonyl (C=O) groups is 3. The summed E-state index contributed by atoms with van der Waals surface area (Å²) in [6.45, 7) is 3.70. The minimum atomic E-state index is -0.832. The van der Waals surface area contributed by atoms with Gasteiger partial charge in [-0.1, -0.05) is 31.9 Å². The van der Waals surface area contributed by atoms with Crippen LogP contribution in [0, 0.1) is 5.92 Å². The Hall–Kier alpha value is -2.57. The van der Waals surface area contributed by atoms with E-state index in [0.717, 1.165) is 61.5 Å². The van der Waals surface area contributed by atoms with Gasteiger partial charge in [-0.05, 0) is 50.2 Å². The summed E-state index contributed by atoms with van der Waals surface area (Å²) < 4.78 is 0. The quantitative estimate of drug-likeness (QED) is 0.764. The van der Waals surface area contributed by atoms with Crippen molar-refractivity contribution in [3.8, 4) is 0 Å². The molecule has 2 heterocycles. The highest BCUT2D eigenvalue weighted by Crippen LogP contribution is 2.38. The van der Waals surface area contributed by atoms with Crippen LogP contribution >= 0.6 is 0 Å². The van der Waals surface area contributed by atoms with E-state index in [-0.39, 0.29) is 24.3 Å². The average Bonchev–Trinajstić information content (AvgIpc) is 2.96. The predicted molar refractivity (Wildman–Crippen MR) is 112 cm³/mol. The monoisotopic (exact) mass is 398 g/mol. The first kappa shape index (κ1) is 19.7. The summed E-state index contributed by atoms with van der Waals surface area (Å²) in [5.41, 5.74) is 0.892. The van der Waals surface area contributed by atoms with Crippen LogP contribution in [0.1, 0.15) is 51.9 Å². The first-order valence-corrected chi connectivity index (χ1v) is 10.8. The number of piperidine rings is 1. The molecule has 1 aromatic rings. The second-order valence-corrected chi connectivity index (χ2v) is 8.55. The van der Waals surface area contributed by atoms with Crippen LogP contribution in [0.2, 0.25) is 0 Å². The van der Waals surface area contributed by atoms with E-state index in [9.17, 15) is 14.4 Å². The van der Waals surface area contributed by atoms with Crippen molar-refractivity contribution in [3.63, 3.8) is 0 Å². The molecule has 0 aromatic heterocycles. The fraction of sp³-hybridized carbons (Fsp3) is 0.591. The van der Waals surface area contributed by atoms with E-state index in [4.69, 9.17) is 0 Å². The van der Waals surface area contributed by atoms with Crippen LogP contribution in [-0.4, -0.2) is 47.9 Å². The van der Waals surface area contributed by atoms with E-state index in [1.54, 1.807) is 0 Å². The Balaban J connectivity index is 1.45. The van der Waals surface area contributed by atoms with Gasteiger partial charge in [-0.15, -0.1) is 0 Å². The molecule has 1 spiro atoms. The van der Waals surface area contributed by atoms with Gasteiger partial charge in [0.15, 0.2) is 0 Å². The Labute approximate surface area is 171 Å². The molecule has 7 heteroatoms. The number of urea groups is 1. The van der Waals surface area contributed by atoms with Crippen molar-refractivity contribution in [2.45, 2.75) is 57.4 Å². The molecule has 0 radical (unpaired) electrons. The number of anilines is 2. The summed E-state index contributed by atoms with van der Waals surface area (Å²) in [6.07, 6.45) is 7.07. The van der Waals surface area contributed by atoms with Gasteiger partial charge in [0.2, 0.25) is 5.91 Å². The molecule has 2 aliphatic heterocycles. The fourth-order valence-corrected chi connectivity index (χ4v) is 4.96. The molecule has 1 aromatic carbocycles. The highest BCUT2D eigenvalue weighted by Gasteiger charge is 2.55. The number of rotatable bonds is 4. The normalized spacial score (nSPS) is 27.3. The van der Waals surface area contributed by atoms with Crippen molar-refractivity contribution in [1.82, 2.24) is 10.2 Å². The lowest BCUT2D eigenvalue weighted by Crippen LogP contribution is -2.54. The summed E-state index contributed by atoms with van der Waals surface area (Å²) >= 11 is 0. The van der Waals surface area contributed by atoms with Crippen LogP contribution in [0.5, 0.6) is 0 Å². The smallest absolute Gasteiger partial charge is 0.325 e. The SMILES string of the molecule is CC1CCCCC12NC(=O)N(CC(=O)Nc1ccccc1N1CCCCC1)C2=O. The number of hydrogen-bond donors (Lipinski definition) is 2. The molecular formula is C22H30N4O3. The average molecular weight is 399 g/mol. The van der Waals surface area contributed by atoms with Crippen LogP contribution in [-0.2, 0) is 9.59 Å². The minimum absolute atomic E-state index is 0.0839. The van der Waals surface area contributed by atoms with Crippen molar-refractivity contribution < 1.29 is 14.4 Å². The summed E-state index contributed by atoms with van der Waals surface area (Å²) in [6, 6.07) is 7.27. The molecule has 0 bridgehead atoms. The van der Waals surface area contributed by atoms with Crippen LogP contribution in [0.25, 0.3) is 0 Å². The van der Waals surface area contributed by atoms with Crippen LogP contribution in [0.3, 0.4) is 0 Å². The number of nitrogens with zero attached hydrogens (tertiary/aromatic N) is 2. The number of hydrogen-bond acceptors (Lipinski definition) is 4. The summed E-state index contributed by atoms with van der Waals surface area (Å²) in [4.78, 5) is 41.7. The largest absolute Gasteiger partial charge is 0.370 e. The molecule has 4 amide bonds. The summed E-state index contributed by atoms with van der Waals surface area (Å²) in [7, 11) is 0. The molecule has 2 atom stereocenters. The highest BCUT2D eigenvalue weighted by atomic mass is 16.2. The van der Waals surface area contributed by atoms with Crippen molar-refractivity contribution >= 4 is 29.2 Å². The second-order valence-electron chi connectivity index (χ2n) is 8.55. The number of imide groups is 1. The van der Waals surface area contributed by atoms with Gasteiger partial charge >= 0.3 is 6.03 Å². The van der Waals surface area contributed by atoms with Gasteiger partial charge in [0.05, 0.1) is 11.4 Å². The lowest BCUT2D eigenvalue weighted by molar-refractivity contribution is -0.136.